The molecule has 0 saturated carbocycles. The summed E-state index contributed by atoms with van der Waals surface area (Å²) in [4.78, 5) is 2.42. The van der Waals surface area contributed by atoms with E-state index in [4.69, 9.17) is 18.0 Å². The maximum Gasteiger partial charge on any atom is 0.0532 e. The first-order chi connectivity index (χ1) is 8.31. The summed E-state index contributed by atoms with van der Waals surface area (Å²) in [6, 6.07) is 8.41. The minimum absolute atomic E-state index is 0.342. The average Bonchev–Trinajstić information content (AvgIpc) is 2.38. The highest BCUT2D eigenvalue weighted by Crippen LogP contribution is 2.27. The van der Waals surface area contributed by atoms with Crippen LogP contribution in [0.4, 0.5) is 0 Å². The van der Waals surface area contributed by atoms with E-state index in [1.807, 2.05) is 12.1 Å². The molecule has 17 heavy (non-hydrogen) atoms. The van der Waals surface area contributed by atoms with Crippen LogP contribution in [0.3, 0.4) is 0 Å². The lowest BCUT2D eigenvalue weighted by molar-refractivity contribution is 0.230. The van der Waals surface area contributed by atoms with Crippen LogP contribution in [0, 0.1) is 12.3 Å². The van der Waals surface area contributed by atoms with E-state index >= 15 is 0 Å². The normalized spacial score (nSPS) is 20.1. The van der Waals surface area contributed by atoms with Crippen molar-refractivity contribution in [1.29, 1.82) is 0 Å². The van der Waals surface area contributed by atoms with Crippen LogP contribution >= 0.6 is 11.6 Å². The monoisotopic (exact) mass is 245 g/mol. The first kappa shape index (κ1) is 12.2. The van der Waals surface area contributed by atoms with E-state index in [1.165, 1.54) is 5.56 Å². The van der Waals surface area contributed by atoms with Crippen molar-refractivity contribution in [1.82, 2.24) is 4.90 Å². The molecule has 0 bridgehead atoms. The highest BCUT2D eigenvalue weighted by Gasteiger charge is 2.19. The number of halogens is 1. The molecule has 0 fully saturated rings. The fraction of sp³-hybridized carbons (Fsp3) is 0.333. The van der Waals surface area contributed by atoms with E-state index < -0.39 is 0 Å². The topological polar surface area (TPSA) is 3.24 Å². The van der Waals surface area contributed by atoms with E-state index in [-0.39, 0.29) is 0 Å². The van der Waals surface area contributed by atoms with Gasteiger partial charge >= 0.3 is 0 Å². The molecule has 2 rings (SSSR count). The molecule has 0 spiro atoms. The van der Waals surface area contributed by atoms with Gasteiger partial charge in [-0.25, -0.2) is 0 Å². The number of nitrogens with zero attached hydrogens (tertiary/aromatic N) is 1. The summed E-state index contributed by atoms with van der Waals surface area (Å²) in [5, 5.41) is 0.781. The van der Waals surface area contributed by atoms with Crippen molar-refractivity contribution < 1.29 is 0 Å². The average molecular weight is 246 g/mol. The minimum Gasteiger partial charge on any atom is -0.292 e. The molecule has 1 aliphatic heterocycles. The zero-order valence-electron chi connectivity index (χ0n) is 9.77. The summed E-state index contributed by atoms with van der Waals surface area (Å²) in [7, 11) is 0. The molecule has 0 amide bonds. The fourth-order valence-electron chi connectivity index (χ4n) is 2.17. The Kier molecular flexibility index (Phi) is 4.25. The predicted molar refractivity (Wildman–Crippen MR) is 73.0 cm³/mol. The number of hydrogen-bond donors (Lipinski definition) is 0. The Labute approximate surface area is 108 Å². The SMILES string of the molecule is C#CCCN1CCC=CC1c1ccc(Cl)cc1. The van der Waals surface area contributed by atoms with Gasteiger partial charge in [0, 0.05) is 24.5 Å². The highest BCUT2D eigenvalue weighted by molar-refractivity contribution is 6.30. The molecule has 0 radical (unpaired) electrons. The van der Waals surface area contributed by atoms with Crippen molar-refractivity contribution in [2.75, 3.05) is 13.1 Å². The number of hydrogen-bond acceptors (Lipinski definition) is 1. The molecular weight excluding hydrogens is 230 g/mol. The van der Waals surface area contributed by atoms with Gasteiger partial charge in [0.05, 0.1) is 6.04 Å². The van der Waals surface area contributed by atoms with Crippen molar-refractivity contribution in [3.63, 3.8) is 0 Å². The Morgan fingerprint density at radius 2 is 2.12 bits per heavy atom. The summed E-state index contributed by atoms with van der Waals surface area (Å²) < 4.78 is 0. The predicted octanol–water partition coefficient (Wildman–Crippen LogP) is 3.67. The van der Waals surface area contributed by atoms with Crippen molar-refractivity contribution in [2.24, 2.45) is 0 Å². The zero-order valence-corrected chi connectivity index (χ0v) is 10.5. The molecule has 1 atom stereocenters. The molecule has 1 aliphatic rings. The van der Waals surface area contributed by atoms with Gasteiger partial charge in [-0.2, -0.15) is 0 Å². The third-order valence-electron chi connectivity index (χ3n) is 3.05. The quantitative estimate of drug-likeness (QED) is 0.580. The van der Waals surface area contributed by atoms with Crippen LogP contribution in [0.1, 0.15) is 24.4 Å². The Morgan fingerprint density at radius 3 is 2.82 bits per heavy atom. The second kappa shape index (κ2) is 5.91. The lowest BCUT2D eigenvalue weighted by atomic mass is 10.0. The zero-order chi connectivity index (χ0) is 12.1. The lowest BCUT2D eigenvalue weighted by Crippen LogP contribution is -2.31. The molecular formula is C15H16ClN. The Morgan fingerprint density at radius 1 is 1.35 bits per heavy atom. The first-order valence-corrected chi connectivity index (χ1v) is 6.28. The maximum absolute atomic E-state index is 5.91. The van der Waals surface area contributed by atoms with Crippen LogP contribution in [0.2, 0.25) is 5.02 Å². The largest absolute Gasteiger partial charge is 0.292 e. The van der Waals surface area contributed by atoms with Gasteiger partial charge in [-0.3, -0.25) is 4.90 Å². The highest BCUT2D eigenvalue weighted by atomic mass is 35.5. The van der Waals surface area contributed by atoms with Gasteiger partial charge in [-0.15, -0.1) is 12.3 Å². The second-order valence-corrected chi connectivity index (χ2v) is 4.64. The van der Waals surface area contributed by atoms with E-state index in [2.05, 4.69) is 35.1 Å². The van der Waals surface area contributed by atoms with Crippen molar-refractivity contribution in [3.8, 4) is 12.3 Å². The molecule has 0 N–H and O–H groups in total. The van der Waals surface area contributed by atoms with Gasteiger partial charge in [0.1, 0.15) is 0 Å². The van der Waals surface area contributed by atoms with E-state index in [0.717, 1.165) is 31.0 Å². The first-order valence-electron chi connectivity index (χ1n) is 5.91. The van der Waals surface area contributed by atoms with E-state index in [1.54, 1.807) is 0 Å². The van der Waals surface area contributed by atoms with Gasteiger partial charge in [0.2, 0.25) is 0 Å². The molecule has 1 nitrogen and oxygen atoms in total. The molecule has 2 heteroatoms. The Balaban J connectivity index is 2.16. The number of rotatable bonds is 3. The van der Waals surface area contributed by atoms with Crippen LogP contribution in [-0.2, 0) is 0 Å². The molecule has 0 aromatic heterocycles. The third-order valence-corrected chi connectivity index (χ3v) is 3.30. The smallest absolute Gasteiger partial charge is 0.0532 e. The second-order valence-electron chi connectivity index (χ2n) is 4.20. The maximum atomic E-state index is 5.91. The molecule has 88 valence electrons. The standard InChI is InChI=1S/C15H16ClN/c1-2-3-11-17-12-5-4-6-15(17)13-7-9-14(16)10-8-13/h1,4,6-10,15H,3,5,11-12H2. The van der Waals surface area contributed by atoms with Crippen molar-refractivity contribution >= 4 is 11.6 Å². The van der Waals surface area contributed by atoms with Crippen LogP contribution in [0.5, 0.6) is 0 Å². The summed E-state index contributed by atoms with van der Waals surface area (Å²) in [6.07, 6.45) is 11.7. The van der Waals surface area contributed by atoms with E-state index in [0.29, 0.717) is 6.04 Å². The molecule has 0 aliphatic carbocycles. The number of terminal acetylenes is 1. The third kappa shape index (κ3) is 3.12. The van der Waals surface area contributed by atoms with Gasteiger partial charge in [0.15, 0.2) is 0 Å². The van der Waals surface area contributed by atoms with Crippen LogP contribution in [-0.4, -0.2) is 18.0 Å². The number of benzene rings is 1. The van der Waals surface area contributed by atoms with E-state index in [9.17, 15) is 0 Å². The molecule has 1 unspecified atom stereocenters. The summed E-state index contributed by atoms with van der Waals surface area (Å²) in [5.41, 5.74) is 1.28. The van der Waals surface area contributed by atoms with Crippen LogP contribution in [0.15, 0.2) is 36.4 Å². The van der Waals surface area contributed by atoms with Gasteiger partial charge in [0.25, 0.3) is 0 Å². The van der Waals surface area contributed by atoms with Gasteiger partial charge in [-0.05, 0) is 24.1 Å². The van der Waals surface area contributed by atoms with Gasteiger partial charge in [-0.1, -0.05) is 35.9 Å². The lowest BCUT2D eigenvalue weighted by Gasteiger charge is -2.32. The fourth-order valence-corrected chi connectivity index (χ4v) is 2.29. The van der Waals surface area contributed by atoms with Crippen molar-refractivity contribution in [3.05, 3.63) is 47.0 Å². The summed E-state index contributed by atoms with van der Waals surface area (Å²) in [5.74, 6) is 2.71. The Bertz CT molecular complexity index is 427. The molecule has 0 saturated heterocycles. The van der Waals surface area contributed by atoms with Crippen molar-refractivity contribution in [2.45, 2.75) is 18.9 Å². The van der Waals surface area contributed by atoms with Crippen LogP contribution in [0.25, 0.3) is 0 Å². The Hall–Kier alpha value is -1.23. The van der Waals surface area contributed by atoms with Crippen LogP contribution < -0.4 is 0 Å². The minimum atomic E-state index is 0.342. The summed E-state index contributed by atoms with van der Waals surface area (Å²) >= 11 is 5.91. The van der Waals surface area contributed by atoms with Gasteiger partial charge < -0.3 is 0 Å². The molecule has 1 aromatic carbocycles. The molecule has 1 aromatic rings. The summed E-state index contributed by atoms with van der Waals surface area (Å²) in [6.45, 7) is 2.03. The molecule has 1 heterocycles.